The maximum absolute atomic E-state index is 12.5. The van der Waals surface area contributed by atoms with Gasteiger partial charge in [-0.1, -0.05) is 0 Å². The van der Waals surface area contributed by atoms with Crippen molar-refractivity contribution in [2.75, 3.05) is 0 Å². The molecule has 2 fully saturated rings. The number of amides is 4. The van der Waals surface area contributed by atoms with E-state index in [-0.39, 0.29) is 34.1 Å². The zero-order valence-corrected chi connectivity index (χ0v) is 20.8. The Bertz CT molecular complexity index is 1170. The molecular weight excluding hydrogens is 572 g/mol. The summed E-state index contributed by atoms with van der Waals surface area (Å²) in [5.41, 5.74) is 0. The third kappa shape index (κ3) is 5.47. The van der Waals surface area contributed by atoms with Crippen LogP contribution in [0.2, 0.25) is 0 Å². The molecule has 0 saturated carbocycles. The van der Waals surface area contributed by atoms with E-state index in [9.17, 15) is 54.7 Å². The molecule has 2 atom stereocenters. The predicted molar refractivity (Wildman–Crippen MR) is 119 cm³/mol. The van der Waals surface area contributed by atoms with E-state index in [1.54, 1.807) is 0 Å². The van der Waals surface area contributed by atoms with Crippen molar-refractivity contribution in [2.24, 2.45) is 0 Å². The highest BCUT2D eigenvalue weighted by Gasteiger charge is 2.60. The highest BCUT2D eigenvalue weighted by Crippen LogP contribution is 2.54. The minimum Gasteiger partial charge on any atom is -0.478 e. The lowest BCUT2D eigenvalue weighted by Gasteiger charge is -2.38. The Morgan fingerprint density at radius 2 is 0.917 bits per heavy atom. The lowest BCUT2D eigenvalue weighted by atomic mass is 10.4. The van der Waals surface area contributed by atoms with Crippen LogP contribution in [0.15, 0.2) is 24.3 Å². The van der Waals surface area contributed by atoms with Gasteiger partial charge < -0.3 is 10.2 Å². The number of carbonyl (C=O) groups is 6. The van der Waals surface area contributed by atoms with E-state index in [0.29, 0.717) is 0 Å². The lowest BCUT2D eigenvalue weighted by molar-refractivity contribution is -0.141. The maximum atomic E-state index is 12.5. The molecule has 0 aromatic carbocycles. The first kappa shape index (κ1) is 29.5. The fourth-order valence-electron chi connectivity index (χ4n) is 3.09. The van der Waals surface area contributed by atoms with Crippen molar-refractivity contribution >= 4 is 77.4 Å². The average Bonchev–Trinajstić information content (AvgIpc) is 3.24. The molecule has 2 aliphatic rings. The Morgan fingerprint density at radius 1 is 0.667 bits per heavy atom. The molecule has 2 aliphatic heterocycles. The van der Waals surface area contributed by atoms with Gasteiger partial charge in [0.2, 0.25) is 23.6 Å². The van der Waals surface area contributed by atoms with Crippen LogP contribution >= 0.6 is 21.6 Å². The summed E-state index contributed by atoms with van der Waals surface area (Å²) in [5.74, 6) is -8.57. The van der Waals surface area contributed by atoms with Crippen molar-refractivity contribution in [3.8, 4) is 0 Å². The van der Waals surface area contributed by atoms with Crippen molar-refractivity contribution in [3.05, 3.63) is 24.3 Å². The summed E-state index contributed by atoms with van der Waals surface area (Å²) >= 11 is 0. The van der Waals surface area contributed by atoms with Crippen LogP contribution in [-0.2, 0) is 49.0 Å². The summed E-state index contributed by atoms with van der Waals surface area (Å²) in [6.07, 6.45) is -1.77. The van der Waals surface area contributed by atoms with Crippen LogP contribution < -0.4 is 0 Å². The van der Waals surface area contributed by atoms with Gasteiger partial charge in [-0.15, -0.1) is 0 Å². The molecule has 0 radical (unpaired) electrons. The second kappa shape index (κ2) is 10.3. The number of carboxylic acids is 2. The molecule has 2 saturated heterocycles. The van der Waals surface area contributed by atoms with E-state index in [4.69, 9.17) is 10.2 Å². The summed E-state index contributed by atoms with van der Waals surface area (Å²) in [5, 5.41) is 18.0. The van der Waals surface area contributed by atoms with Crippen molar-refractivity contribution in [2.45, 2.75) is 34.1 Å². The minimum absolute atomic E-state index is 0.0667. The molecule has 2 unspecified atom stereocenters. The summed E-state index contributed by atoms with van der Waals surface area (Å²) in [6.45, 7) is 0. The van der Waals surface area contributed by atoms with Crippen LogP contribution in [-0.4, -0.2) is 89.9 Å². The SMILES string of the molecule is O=C(O)C=CC(SSC(C=CC(=O)O)(N1C(=O)CCC1=O)S(=O)(=O)O)(N1C(=O)CCC1=O)S(=O)(=O)O. The lowest BCUT2D eigenvalue weighted by Crippen LogP contribution is -2.55. The number of carbonyl (C=O) groups excluding carboxylic acids is 4. The number of rotatable bonds is 11. The number of carboxylic acid groups (broad SMARTS) is 2. The van der Waals surface area contributed by atoms with Gasteiger partial charge in [-0.05, 0) is 33.7 Å². The molecule has 0 bridgehead atoms. The fourth-order valence-corrected chi connectivity index (χ4v) is 9.82. The standard InChI is InChI=1S/C16H16N2O14S4/c19-9-1-2-10(20)17(9)15(35(27,28)29,7-5-13(23)24)33-34-16(36(30,31)32,8-6-14(25)26)18-11(21)3-4-12(18)22/h5-8H,1-4H2,(H,23,24)(H,25,26)(H,27,28,29)(H,30,31,32). The van der Waals surface area contributed by atoms with Gasteiger partial charge in [0.05, 0.1) is 0 Å². The Balaban J connectivity index is 2.85. The molecule has 4 N–H and O–H groups in total. The Kier molecular flexibility index (Phi) is 8.43. The van der Waals surface area contributed by atoms with Gasteiger partial charge in [-0.2, -0.15) is 16.8 Å². The van der Waals surface area contributed by atoms with Gasteiger partial charge in [-0.25, -0.2) is 19.4 Å². The Labute approximate surface area is 210 Å². The molecule has 0 aromatic heterocycles. The highest BCUT2D eigenvalue weighted by atomic mass is 33.1. The van der Waals surface area contributed by atoms with E-state index in [2.05, 4.69) is 0 Å². The zero-order chi connectivity index (χ0) is 27.7. The molecule has 16 nitrogen and oxygen atoms in total. The second-order valence-electron chi connectivity index (χ2n) is 6.97. The Hall–Kier alpha value is -2.78. The molecule has 198 valence electrons. The van der Waals surface area contributed by atoms with Gasteiger partial charge in [0.25, 0.3) is 8.41 Å². The topological polar surface area (TPSA) is 258 Å². The van der Waals surface area contributed by atoms with E-state index in [0.717, 1.165) is 0 Å². The number of aliphatic carboxylic acids is 2. The average molecular weight is 589 g/mol. The van der Waals surface area contributed by atoms with Crippen LogP contribution in [0.25, 0.3) is 0 Å². The van der Waals surface area contributed by atoms with E-state index in [1.165, 1.54) is 0 Å². The highest BCUT2D eigenvalue weighted by molar-refractivity contribution is 8.80. The molecule has 4 amide bonds. The largest absolute Gasteiger partial charge is 0.478 e. The summed E-state index contributed by atoms with van der Waals surface area (Å²) < 4.78 is 63.2. The van der Waals surface area contributed by atoms with Crippen LogP contribution in [0.3, 0.4) is 0 Å². The quantitative estimate of drug-likeness (QED) is 0.0979. The number of nitrogens with zero attached hydrogens (tertiary/aromatic N) is 2. The molecule has 0 spiro atoms. The van der Waals surface area contributed by atoms with Crippen LogP contribution in [0.4, 0.5) is 0 Å². The molecule has 2 rings (SSSR count). The van der Waals surface area contributed by atoms with Crippen LogP contribution in [0, 0.1) is 0 Å². The third-order valence-corrected chi connectivity index (χ3v) is 12.1. The van der Waals surface area contributed by atoms with E-state index < -0.39 is 111 Å². The van der Waals surface area contributed by atoms with Crippen molar-refractivity contribution < 1.29 is 64.9 Å². The first-order valence-corrected chi connectivity index (χ1v) is 14.3. The molecule has 20 heteroatoms. The molecule has 2 heterocycles. The van der Waals surface area contributed by atoms with Crippen molar-refractivity contribution in [3.63, 3.8) is 0 Å². The van der Waals surface area contributed by atoms with Gasteiger partial charge in [-0.3, -0.25) is 28.3 Å². The van der Waals surface area contributed by atoms with E-state index in [1.807, 2.05) is 0 Å². The third-order valence-electron chi connectivity index (χ3n) is 4.62. The number of hydrogen-bond acceptors (Lipinski definition) is 12. The fraction of sp³-hybridized carbons (Fsp3) is 0.375. The van der Waals surface area contributed by atoms with Gasteiger partial charge in [0, 0.05) is 37.8 Å². The van der Waals surface area contributed by atoms with Gasteiger partial charge in [0.1, 0.15) is 0 Å². The first-order chi connectivity index (χ1) is 16.4. The van der Waals surface area contributed by atoms with Gasteiger partial charge in [0.15, 0.2) is 0 Å². The monoisotopic (exact) mass is 588 g/mol. The molecule has 0 aromatic rings. The van der Waals surface area contributed by atoms with Crippen molar-refractivity contribution in [1.82, 2.24) is 9.80 Å². The van der Waals surface area contributed by atoms with Gasteiger partial charge >= 0.3 is 32.2 Å². The number of likely N-dealkylation sites (tertiary alicyclic amines) is 2. The predicted octanol–water partition coefficient (Wildman–Crippen LogP) is -0.969. The maximum Gasteiger partial charge on any atom is 0.328 e. The van der Waals surface area contributed by atoms with Crippen LogP contribution in [0.5, 0.6) is 0 Å². The first-order valence-electron chi connectivity index (χ1n) is 9.26. The summed E-state index contributed by atoms with van der Waals surface area (Å²) in [7, 11) is -12.3. The number of hydrogen-bond donors (Lipinski definition) is 4. The number of imide groups is 2. The molecule has 0 aliphatic carbocycles. The second-order valence-corrected chi connectivity index (χ2v) is 13.2. The van der Waals surface area contributed by atoms with Crippen LogP contribution in [0.1, 0.15) is 25.7 Å². The smallest absolute Gasteiger partial charge is 0.328 e. The Morgan fingerprint density at radius 3 is 1.11 bits per heavy atom. The minimum atomic E-state index is -5.75. The molecular formula is C16H16N2O14S4. The normalized spacial score (nSPS) is 20.9. The molecule has 36 heavy (non-hydrogen) atoms. The van der Waals surface area contributed by atoms with E-state index >= 15 is 0 Å². The summed E-state index contributed by atoms with van der Waals surface area (Å²) in [6, 6.07) is 0. The van der Waals surface area contributed by atoms with Crippen molar-refractivity contribution in [1.29, 1.82) is 0 Å². The zero-order valence-electron chi connectivity index (χ0n) is 17.5. The summed E-state index contributed by atoms with van der Waals surface area (Å²) in [4.78, 5) is 71.5.